The first kappa shape index (κ1) is 9.85. The van der Waals surface area contributed by atoms with Crippen LogP contribution in [0.4, 0.5) is 4.39 Å². The number of hydrogen-bond donors (Lipinski definition) is 1. The molecular weight excluding hydrogens is 207 g/mol. The zero-order valence-electron chi connectivity index (χ0n) is 8.98. The summed E-state index contributed by atoms with van der Waals surface area (Å²) in [5.74, 6) is 0.758. The van der Waals surface area contributed by atoms with Gasteiger partial charge in [0, 0.05) is 11.5 Å². The zero-order valence-corrected chi connectivity index (χ0v) is 8.98. The molecule has 0 aromatic carbocycles. The molecule has 0 aromatic rings. The van der Waals surface area contributed by atoms with Gasteiger partial charge in [-0.05, 0) is 48.6 Å². The van der Waals surface area contributed by atoms with Crippen molar-refractivity contribution in [3.05, 3.63) is 35.6 Å². The van der Waals surface area contributed by atoms with E-state index in [1.54, 1.807) is 6.26 Å². The average Bonchev–Trinajstić information content (AvgIpc) is 2.95. The molecule has 0 radical (unpaired) electrons. The molecule has 3 unspecified atom stereocenters. The molecule has 1 saturated carbocycles. The van der Waals surface area contributed by atoms with Crippen molar-refractivity contribution in [1.82, 2.24) is 0 Å². The summed E-state index contributed by atoms with van der Waals surface area (Å²) in [5, 5.41) is 8.93. The molecule has 1 N–H and O–H groups in total. The van der Waals surface area contributed by atoms with Crippen LogP contribution in [0.3, 0.4) is 0 Å². The van der Waals surface area contributed by atoms with Gasteiger partial charge in [0.1, 0.15) is 5.76 Å². The minimum atomic E-state index is -1.70. The number of hydrogen-bond acceptors (Lipinski definition) is 2. The maximum atomic E-state index is 12.8. The van der Waals surface area contributed by atoms with Gasteiger partial charge in [0.05, 0.1) is 6.26 Å². The first-order valence-corrected chi connectivity index (χ1v) is 5.47. The number of aryl methyl sites for hydroxylation is 1. The molecule has 0 spiro atoms. The summed E-state index contributed by atoms with van der Waals surface area (Å²) in [4.78, 5) is 0. The van der Waals surface area contributed by atoms with Crippen molar-refractivity contribution in [2.24, 2.45) is 5.92 Å². The Morgan fingerprint density at radius 2 is 2.38 bits per heavy atom. The first-order valence-electron chi connectivity index (χ1n) is 5.47. The molecule has 3 rings (SSSR count). The van der Waals surface area contributed by atoms with Crippen LogP contribution in [-0.2, 0) is 0 Å². The van der Waals surface area contributed by atoms with Crippen LogP contribution in [0, 0.1) is 12.8 Å². The maximum absolute atomic E-state index is 12.8. The molecule has 84 valence electrons. The molecule has 1 aliphatic heterocycles. The largest absolute Gasteiger partial charge is 0.464 e. The molecule has 2 aliphatic carbocycles. The molecule has 3 atom stereocenters. The smallest absolute Gasteiger partial charge is 0.199 e. The Labute approximate surface area is 93.0 Å². The average molecular weight is 220 g/mol. The number of halogens is 1. The Bertz CT molecular complexity index is 489. The van der Waals surface area contributed by atoms with Crippen LogP contribution in [0.15, 0.2) is 28.9 Å². The SMILES string of the molecule is Cc1cc2occcc-2c1C1CC1C(O)F. The lowest BCUT2D eigenvalue weighted by molar-refractivity contribution is 0.0203. The fourth-order valence-electron chi connectivity index (χ4n) is 2.56. The summed E-state index contributed by atoms with van der Waals surface area (Å²) in [6.45, 7) is 2.00. The highest BCUT2D eigenvalue weighted by atomic mass is 19.1. The van der Waals surface area contributed by atoms with E-state index in [-0.39, 0.29) is 11.8 Å². The lowest BCUT2D eigenvalue weighted by Gasteiger charge is -2.04. The summed E-state index contributed by atoms with van der Waals surface area (Å²) in [6.07, 6.45) is 0.668. The third-order valence-electron chi connectivity index (χ3n) is 3.43. The number of fused-ring (bicyclic) bond motifs is 1. The van der Waals surface area contributed by atoms with Crippen molar-refractivity contribution < 1.29 is 13.9 Å². The van der Waals surface area contributed by atoms with E-state index in [0.717, 1.165) is 28.9 Å². The van der Waals surface area contributed by atoms with E-state index in [2.05, 4.69) is 0 Å². The summed E-state index contributed by atoms with van der Waals surface area (Å²) in [5.41, 5.74) is 3.31. The molecule has 0 aromatic heterocycles. The summed E-state index contributed by atoms with van der Waals surface area (Å²) < 4.78 is 18.2. The van der Waals surface area contributed by atoms with Gasteiger partial charge < -0.3 is 9.52 Å². The Morgan fingerprint density at radius 3 is 3.06 bits per heavy atom. The molecule has 3 heteroatoms. The second-order valence-corrected chi connectivity index (χ2v) is 4.51. The van der Waals surface area contributed by atoms with Gasteiger partial charge in [-0.25, -0.2) is 4.39 Å². The van der Waals surface area contributed by atoms with Crippen LogP contribution in [0.25, 0.3) is 11.3 Å². The Balaban J connectivity index is 2.03. The van der Waals surface area contributed by atoms with Crippen LogP contribution < -0.4 is 0 Å². The fraction of sp³-hybridized carbons (Fsp3) is 0.385. The highest BCUT2D eigenvalue weighted by molar-refractivity contribution is 5.70. The summed E-state index contributed by atoms with van der Waals surface area (Å²) in [6, 6.07) is 5.81. The van der Waals surface area contributed by atoms with Crippen LogP contribution in [-0.4, -0.2) is 11.5 Å². The molecular formula is C13H13FO2. The van der Waals surface area contributed by atoms with Gasteiger partial charge in [-0.15, -0.1) is 0 Å². The highest BCUT2D eigenvalue weighted by Crippen LogP contribution is 2.54. The maximum Gasteiger partial charge on any atom is 0.199 e. The van der Waals surface area contributed by atoms with E-state index in [1.165, 1.54) is 0 Å². The lowest BCUT2D eigenvalue weighted by atomic mass is 10.0. The molecule has 3 aliphatic rings. The van der Waals surface area contributed by atoms with Gasteiger partial charge in [0.25, 0.3) is 0 Å². The van der Waals surface area contributed by atoms with Crippen molar-refractivity contribution >= 4 is 0 Å². The van der Waals surface area contributed by atoms with E-state index in [0.29, 0.717) is 0 Å². The fourth-order valence-corrected chi connectivity index (χ4v) is 2.56. The van der Waals surface area contributed by atoms with Gasteiger partial charge in [0.2, 0.25) is 0 Å². The van der Waals surface area contributed by atoms with Crippen LogP contribution in [0.2, 0.25) is 0 Å². The van der Waals surface area contributed by atoms with Crippen molar-refractivity contribution in [1.29, 1.82) is 0 Å². The lowest BCUT2D eigenvalue weighted by Crippen LogP contribution is -2.01. The standard InChI is InChI=1S/C13H13FO2/c1-7-5-11-8(3-2-4-16-11)12(7)9-6-10(9)13(14)15/h2-5,9-10,13,15H,6H2,1H3. The number of alkyl halides is 1. The second-order valence-electron chi connectivity index (χ2n) is 4.51. The minimum Gasteiger partial charge on any atom is -0.464 e. The zero-order chi connectivity index (χ0) is 11.3. The third kappa shape index (κ3) is 1.35. The second kappa shape index (κ2) is 3.32. The quantitative estimate of drug-likeness (QED) is 0.843. The van der Waals surface area contributed by atoms with Gasteiger partial charge in [0.15, 0.2) is 6.36 Å². The molecule has 0 amide bonds. The molecule has 1 heterocycles. The molecule has 1 fully saturated rings. The van der Waals surface area contributed by atoms with Crippen LogP contribution >= 0.6 is 0 Å². The van der Waals surface area contributed by atoms with E-state index in [1.807, 2.05) is 25.1 Å². The molecule has 2 nitrogen and oxygen atoms in total. The number of rotatable bonds is 2. The third-order valence-corrected chi connectivity index (χ3v) is 3.43. The van der Waals surface area contributed by atoms with Gasteiger partial charge in [-0.2, -0.15) is 0 Å². The topological polar surface area (TPSA) is 33.4 Å². The van der Waals surface area contributed by atoms with Crippen LogP contribution in [0.1, 0.15) is 23.5 Å². The van der Waals surface area contributed by atoms with Crippen molar-refractivity contribution in [3.63, 3.8) is 0 Å². The highest BCUT2D eigenvalue weighted by Gasteiger charge is 2.46. The molecule has 0 bridgehead atoms. The predicted octanol–water partition coefficient (Wildman–Crippen LogP) is 3.08. The number of aliphatic hydroxyl groups excluding tert-OH is 1. The van der Waals surface area contributed by atoms with Gasteiger partial charge in [-0.1, -0.05) is 0 Å². The van der Waals surface area contributed by atoms with Crippen molar-refractivity contribution in [3.8, 4) is 11.3 Å². The minimum absolute atomic E-state index is 0.148. The van der Waals surface area contributed by atoms with Gasteiger partial charge in [-0.3, -0.25) is 0 Å². The van der Waals surface area contributed by atoms with Crippen molar-refractivity contribution in [2.45, 2.75) is 25.6 Å². The molecule has 16 heavy (non-hydrogen) atoms. The Hall–Kier alpha value is -1.35. The predicted molar refractivity (Wildman–Crippen MR) is 58.0 cm³/mol. The molecule has 0 saturated heterocycles. The Morgan fingerprint density at radius 1 is 1.56 bits per heavy atom. The summed E-state index contributed by atoms with van der Waals surface area (Å²) in [7, 11) is 0. The Kier molecular flexibility index (Phi) is 2.04. The monoisotopic (exact) mass is 220 g/mol. The summed E-state index contributed by atoms with van der Waals surface area (Å²) >= 11 is 0. The van der Waals surface area contributed by atoms with E-state index < -0.39 is 6.36 Å². The van der Waals surface area contributed by atoms with Gasteiger partial charge >= 0.3 is 0 Å². The van der Waals surface area contributed by atoms with Crippen LogP contribution in [0.5, 0.6) is 0 Å². The van der Waals surface area contributed by atoms with E-state index >= 15 is 0 Å². The first-order chi connectivity index (χ1) is 7.68. The van der Waals surface area contributed by atoms with E-state index in [4.69, 9.17) is 9.52 Å². The normalized spacial score (nSPS) is 25.9. The number of aliphatic hydroxyl groups is 1. The van der Waals surface area contributed by atoms with Crippen molar-refractivity contribution in [2.75, 3.05) is 0 Å². The van der Waals surface area contributed by atoms with E-state index in [9.17, 15) is 4.39 Å².